The maximum atomic E-state index is 10.4. The molecule has 0 aliphatic carbocycles. The fourth-order valence-corrected chi connectivity index (χ4v) is 1.75. The van der Waals surface area contributed by atoms with Crippen LogP contribution in [-0.2, 0) is 26.7 Å². The molecule has 5 nitrogen and oxygen atoms in total. The Hall–Kier alpha value is 0.180. The van der Waals surface area contributed by atoms with Crippen molar-refractivity contribution in [2.45, 2.75) is 0 Å². The molecular formula is C2H4NO4S2-. The third-order valence-corrected chi connectivity index (χ3v) is 2.92. The molecule has 1 rings (SSSR count). The van der Waals surface area contributed by atoms with Gasteiger partial charge in [-0.1, -0.05) is 0 Å². The highest BCUT2D eigenvalue weighted by Crippen LogP contribution is 2.06. The number of nitrogens with zero attached hydrogens (tertiary/aromatic N) is 1. The van der Waals surface area contributed by atoms with E-state index in [2.05, 4.69) is 4.18 Å². The fraction of sp³-hybridized carbons (Fsp3) is 1.00. The Morgan fingerprint density at radius 1 is 1.78 bits per heavy atom. The van der Waals surface area contributed by atoms with Crippen LogP contribution in [0.25, 0.3) is 0 Å². The predicted octanol–water partition coefficient (Wildman–Crippen LogP) is -1.31. The second-order valence-electron chi connectivity index (χ2n) is 1.31. The van der Waals surface area contributed by atoms with Gasteiger partial charge in [0.25, 0.3) is 0 Å². The minimum Gasteiger partial charge on any atom is -0.759 e. The molecule has 0 radical (unpaired) electrons. The summed E-state index contributed by atoms with van der Waals surface area (Å²) in [5, 5.41) is 0. The van der Waals surface area contributed by atoms with Crippen molar-refractivity contribution >= 4 is 22.5 Å². The van der Waals surface area contributed by atoms with Crippen LogP contribution in [0.4, 0.5) is 0 Å². The van der Waals surface area contributed by atoms with Crippen molar-refractivity contribution in [3.05, 3.63) is 0 Å². The van der Waals surface area contributed by atoms with E-state index in [0.717, 1.165) is 3.71 Å². The molecule has 2 atom stereocenters. The van der Waals surface area contributed by atoms with Crippen LogP contribution in [-0.4, -0.2) is 29.8 Å². The summed E-state index contributed by atoms with van der Waals surface area (Å²) in [7, 11) is 0. The Kier molecular flexibility index (Phi) is 2.30. The summed E-state index contributed by atoms with van der Waals surface area (Å²) >= 11 is -4.18. The van der Waals surface area contributed by atoms with E-state index in [1.807, 2.05) is 0 Å². The minimum atomic E-state index is -2.41. The van der Waals surface area contributed by atoms with E-state index >= 15 is 0 Å². The van der Waals surface area contributed by atoms with Crippen LogP contribution < -0.4 is 0 Å². The lowest BCUT2D eigenvalue weighted by molar-refractivity contribution is 0.390. The van der Waals surface area contributed by atoms with Gasteiger partial charge in [0, 0.05) is 11.3 Å². The van der Waals surface area contributed by atoms with E-state index in [1.54, 1.807) is 0 Å². The summed E-state index contributed by atoms with van der Waals surface area (Å²) in [6.45, 7) is 0.392. The smallest absolute Gasteiger partial charge is 0.248 e. The molecule has 0 aromatic carbocycles. The Morgan fingerprint density at radius 3 is 2.67 bits per heavy atom. The van der Waals surface area contributed by atoms with Gasteiger partial charge in [-0.3, -0.25) is 8.39 Å². The zero-order chi connectivity index (χ0) is 6.85. The first-order chi connectivity index (χ1) is 4.22. The van der Waals surface area contributed by atoms with Crippen LogP contribution >= 0.6 is 0 Å². The van der Waals surface area contributed by atoms with E-state index in [4.69, 9.17) is 0 Å². The van der Waals surface area contributed by atoms with Crippen LogP contribution in [0, 0.1) is 0 Å². The van der Waals surface area contributed by atoms with E-state index in [-0.39, 0.29) is 13.2 Å². The SMILES string of the molecule is O=S([O-])N1CCOS1=O. The van der Waals surface area contributed by atoms with Gasteiger partial charge in [-0.05, 0) is 0 Å². The quantitative estimate of drug-likeness (QED) is 0.458. The molecule has 1 fully saturated rings. The highest BCUT2D eigenvalue weighted by Gasteiger charge is 2.21. The maximum absolute atomic E-state index is 10.4. The Labute approximate surface area is 57.2 Å². The van der Waals surface area contributed by atoms with E-state index in [1.165, 1.54) is 0 Å². The summed E-state index contributed by atoms with van der Waals surface area (Å²) in [4.78, 5) is 0. The Bertz CT molecular complexity index is 159. The summed E-state index contributed by atoms with van der Waals surface area (Å²) in [6.07, 6.45) is 0. The molecule has 0 N–H and O–H groups in total. The molecule has 7 heteroatoms. The van der Waals surface area contributed by atoms with Gasteiger partial charge < -0.3 is 4.55 Å². The summed E-state index contributed by atoms with van der Waals surface area (Å²) in [5.41, 5.74) is 0. The van der Waals surface area contributed by atoms with Gasteiger partial charge in [0.05, 0.1) is 13.2 Å². The lowest BCUT2D eigenvalue weighted by Crippen LogP contribution is -2.22. The molecule has 0 aromatic heterocycles. The van der Waals surface area contributed by atoms with Gasteiger partial charge in [-0.15, -0.1) is 3.71 Å². The zero-order valence-corrected chi connectivity index (χ0v) is 5.94. The van der Waals surface area contributed by atoms with Crippen LogP contribution in [0.3, 0.4) is 0 Å². The van der Waals surface area contributed by atoms with Crippen LogP contribution in [0.1, 0.15) is 0 Å². The van der Waals surface area contributed by atoms with Gasteiger partial charge in [0.2, 0.25) is 11.3 Å². The maximum Gasteiger partial charge on any atom is 0.248 e. The highest BCUT2D eigenvalue weighted by atomic mass is 32.3. The largest absolute Gasteiger partial charge is 0.759 e. The Balaban J connectivity index is 2.60. The van der Waals surface area contributed by atoms with Crippen molar-refractivity contribution < 1.29 is 17.2 Å². The Morgan fingerprint density at radius 2 is 2.44 bits per heavy atom. The molecule has 0 aromatic rings. The van der Waals surface area contributed by atoms with Crippen molar-refractivity contribution in [1.29, 1.82) is 0 Å². The zero-order valence-electron chi connectivity index (χ0n) is 4.31. The molecule has 0 saturated carbocycles. The number of hydrogen-bond acceptors (Lipinski definition) is 4. The van der Waals surface area contributed by atoms with Crippen LogP contribution in [0.5, 0.6) is 0 Å². The van der Waals surface area contributed by atoms with Crippen LogP contribution in [0.15, 0.2) is 0 Å². The average Bonchev–Trinajstić information content (AvgIpc) is 2.13. The molecule has 1 aliphatic rings. The summed E-state index contributed by atoms with van der Waals surface area (Å²) in [6, 6.07) is 0. The van der Waals surface area contributed by atoms with Crippen molar-refractivity contribution in [1.82, 2.24) is 3.71 Å². The molecule has 1 heterocycles. The monoisotopic (exact) mass is 170 g/mol. The first-order valence-electron chi connectivity index (χ1n) is 2.14. The molecular weight excluding hydrogens is 166 g/mol. The van der Waals surface area contributed by atoms with Gasteiger partial charge >= 0.3 is 0 Å². The topological polar surface area (TPSA) is 69.7 Å². The first kappa shape index (κ1) is 7.29. The normalized spacial score (nSPS) is 32.8. The molecule has 54 valence electrons. The van der Waals surface area contributed by atoms with Gasteiger partial charge in [-0.25, -0.2) is 4.21 Å². The minimum absolute atomic E-state index is 0.183. The van der Waals surface area contributed by atoms with Crippen LogP contribution in [0.2, 0.25) is 0 Å². The molecule has 1 aliphatic heterocycles. The van der Waals surface area contributed by atoms with Gasteiger partial charge in [-0.2, -0.15) is 0 Å². The van der Waals surface area contributed by atoms with Crippen molar-refractivity contribution in [3.63, 3.8) is 0 Å². The van der Waals surface area contributed by atoms with E-state index < -0.39 is 22.5 Å². The third-order valence-electron chi connectivity index (χ3n) is 0.791. The standard InChI is InChI=1S/C2H5NO4S2/c4-8(5)3-1-2-7-9(3)6/h1-2H2,(H,4,5)/p-1. The lowest BCUT2D eigenvalue weighted by atomic mass is 10.8. The molecule has 9 heavy (non-hydrogen) atoms. The van der Waals surface area contributed by atoms with Gasteiger partial charge in [0.15, 0.2) is 0 Å². The second kappa shape index (κ2) is 2.84. The second-order valence-corrected chi connectivity index (χ2v) is 3.53. The average molecular weight is 170 g/mol. The van der Waals surface area contributed by atoms with Crippen molar-refractivity contribution in [3.8, 4) is 0 Å². The highest BCUT2D eigenvalue weighted by molar-refractivity contribution is 7.92. The molecule has 0 spiro atoms. The predicted molar refractivity (Wildman–Crippen MR) is 29.7 cm³/mol. The molecule has 2 unspecified atom stereocenters. The van der Waals surface area contributed by atoms with Crippen molar-refractivity contribution in [2.24, 2.45) is 0 Å². The molecule has 0 amide bonds. The third kappa shape index (κ3) is 1.55. The van der Waals surface area contributed by atoms with Gasteiger partial charge in [0.1, 0.15) is 0 Å². The molecule has 0 bridgehead atoms. The first-order valence-corrected chi connectivity index (χ1v) is 4.20. The summed E-state index contributed by atoms with van der Waals surface area (Å²) < 4.78 is 35.7. The van der Waals surface area contributed by atoms with E-state index in [0.29, 0.717) is 0 Å². The number of rotatable bonds is 1. The lowest BCUT2D eigenvalue weighted by Gasteiger charge is -2.11. The number of hydrogen-bond donors (Lipinski definition) is 0. The van der Waals surface area contributed by atoms with E-state index in [9.17, 15) is 13.0 Å². The summed E-state index contributed by atoms with van der Waals surface area (Å²) in [5.74, 6) is 0. The fourth-order valence-electron chi connectivity index (χ4n) is 0.441. The molecule has 1 saturated heterocycles. The van der Waals surface area contributed by atoms with Crippen molar-refractivity contribution in [2.75, 3.05) is 13.2 Å².